The van der Waals surface area contributed by atoms with Gasteiger partial charge in [-0.25, -0.2) is 0 Å². The Labute approximate surface area is 174 Å². The van der Waals surface area contributed by atoms with Crippen LogP contribution in [-0.2, 0) is 13.0 Å². The van der Waals surface area contributed by atoms with E-state index in [1.165, 1.54) is 5.56 Å². The van der Waals surface area contributed by atoms with Crippen LogP contribution in [0.1, 0.15) is 63.0 Å². The van der Waals surface area contributed by atoms with Crippen molar-refractivity contribution in [3.8, 4) is 11.8 Å². The van der Waals surface area contributed by atoms with Gasteiger partial charge in [-0.2, -0.15) is 9.97 Å². The summed E-state index contributed by atoms with van der Waals surface area (Å²) in [5.74, 6) is 1.99. The Balaban J connectivity index is 1.97. The third kappa shape index (κ3) is 5.25. The van der Waals surface area contributed by atoms with Crippen LogP contribution in [0.2, 0.25) is 0 Å². The quantitative estimate of drug-likeness (QED) is 0.727. The molecule has 1 aliphatic rings. The highest BCUT2D eigenvalue weighted by Crippen LogP contribution is 2.35. The minimum Gasteiger partial charge on any atom is -0.481 e. The van der Waals surface area contributed by atoms with Gasteiger partial charge in [0.05, 0.1) is 24.8 Å². The molecule has 158 valence electrons. The van der Waals surface area contributed by atoms with E-state index < -0.39 is 0 Å². The molecule has 1 aliphatic heterocycles. The Morgan fingerprint density at radius 3 is 2.55 bits per heavy atom. The van der Waals surface area contributed by atoms with Crippen molar-refractivity contribution in [3.05, 3.63) is 47.3 Å². The SMILES string of the molecule is CCCc1nc(OC)c(CN2CCC[C@H](N)[C@@H]2c2ccccc2)c(OC(C)C)n1. The maximum absolute atomic E-state index is 6.57. The number of methoxy groups -OCH3 is 1. The van der Waals surface area contributed by atoms with Crippen molar-refractivity contribution >= 4 is 0 Å². The van der Waals surface area contributed by atoms with Crippen LogP contribution in [0, 0.1) is 0 Å². The number of nitrogens with two attached hydrogens (primary N) is 1. The predicted octanol–water partition coefficient (Wildman–Crippen LogP) is 3.89. The second-order valence-electron chi connectivity index (χ2n) is 7.98. The number of hydrogen-bond acceptors (Lipinski definition) is 6. The van der Waals surface area contributed by atoms with Crippen LogP contribution in [0.4, 0.5) is 0 Å². The minimum atomic E-state index is 0.0244. The van der Waals surface area contributed by atoms with Crippen molar-refractivity contribution in [2.24, 2.45) is 5.73 Å². The predicted molar refractivity (Wildman–Crippen MR) is 115 cm³/mol. The molecular weight excluding hydrogens is 364 g/mol. The Morgan fingerprint density at radius 1 is 1.17 bits per heavy atom. The van der Waals surface area contributed by atoms with Crippen molar-refractivity contribution in [3.63, 3.8) is 0 Å². The summed E-state index contributed by atoms with van der Waals surface area (Å²) in [7, 11) is 1.66. The number of benzene rings is 1. The molecule has 1 fully saturated rings. The molecule has 0 amide bonds. The van der Waals surface area contributed by atoms with Crippen LogP contribution in [0.15, 0.2) is 30.3 Å². The summed E-state index contributed by atoms with van der Waals surface area (Å²) in [6.45, 7) is 7.76. The molecule has 2 atom stereocenters. The summed E-state index contributed by atoms with van der Waals surface area (Å²) in [6.07, 6.45) is 3.89. The standard InChI is InChI=1S/C23H34N4O2/c1-5-10-20-25-22(28-4)18(23(26-20)29-16(2)3)15-27-14-9-13-19(24)21(27)17-11-7-6-8-12-17/h6-8,11-12,16,19,21H,5,9-10,13-15,24H2,1-4H3/t19-,21-/m0/s1. The van der Waals surface area contributed by atoms with Crippen molar-refractivity contribution in [2.75, 3.05) is 13.7 Å². The van der Waals surface area contributed by atoms with Gasteiger partial charge in [0.1, 0.15) is 5.82 Å². The monoisotopic (exact) mass is 398 g/mol. The van der Waals surface area contributed by atoms with E-state index in [-0.39, 0.29) is 18.2 Å². The third-order valence-corrected chi connectivity index (χ3v) is 5.28. The Kier molecular flexibility index (Phi) is 7.45. The van der Waals surface area contributed by atoms with Crippen molar-refractivity contribution in [1.29, 1.82) is 0 Å². The third-order valence-electron chi connectivity index (χ3n) is 5.28. The molecule has 2 aromatic rings. The molecule has 2 N–H and O–H groups in total. The van der Waals surface area contributed by atoms with Crippen molar-refractivity contribution in [2.45, 2.75) is 71.2 Å². The van der Waals surface area contributed by atoms with Crippen LogP contribution >= 0.6 is 0 Å². The van der Waals surface area contributed by atoms with Gasteiger partial charge in [-0.15, -0.1) is 0 Å². The zero-order valence-electron chi connectivity index (χ0n) is 18.1. The summed E-state index contributed by atoms with van der Waals surface area (Å²) in [6, 6.07) is 10.7. The number of piperidine rings is 1. The molecule has 0 unspecified atom stereocenters. The average molecular weight is 399 g/mol. The van der Waals surface area contributed by atoms with E-state index in [0.29, 0.717) is 18.3 Å². The Morgan fingerprint density at radius 2 is 1.90 bits per heavy atom. The van der Waals surface area contributed by atoms with Gasteiger partial charge in [-0.3, -0.25) is 4.90 Å². The van der Waals surface area contributed by atoms with Gasteiger partial charge in [0.25, 0.3) is 0 Å². The molecule has 0 saturated carbocycles. The molecule has 0 radical (unpaired) electrons. The molecule has 6 heteroatoms. The number of rotatable bonds is 8. The molecule has 1 aromatic carbocycles. The molecule has 1 saturated heterocycles. The van der Waals surface area contributed by atoms with Gasteiger partial charge in [-0.1, -0.05) is 37.3 Å². The first-order chi connectivity index (χ1) is 14.0. The number of aromatic nitrogens is 2. The van der Waals surface area contributed by atoms with Crippen molar-refractivity contribution in [1.82, 2.24) is 14.9 Å². The van der Waals surface area contributed by atoms with Crippen LogP contribution in [0.3, 0.4) is 0 Å². The fourth-order valence-electron chi connectivity index (χ4n) is 4.03. The van der Waals surface area contributed by atoms with Crippen LogP contribution in [0.25, 0.3) is 0 Å². The van der Waals surface area contributed by atoms with E-state index in [0.717, 1.165) is 43.6 Å². The van der Waals surface area contributed by atoms with Gasteiger partial charge in [-0.05, 0) is 45.2 Å². The van der Waals surface area contributed by atoms with Gasteiger partial charge in [0, 0.05) is 19.0 Å². The summed E-state index contributed by atoms with van der Waals surface area (Å²) >= 11 is 0. The largest absolute Gasteiger partial charge is 0.481 e. The number of nitrogens with zero attached hydrogens (tertiary/aromatic N) is 3. The van der Waals surface area contributed by atoms with Crippen molar-refractivity contribution < 1.29 is 9.47 Å². The van der Waals surface area contributed by atoms with E-state index in [9.17, 15) is 0 Å². The Bertz CT molecular complexity index is 782. The summed E-state index contributed by atoms with van der Waals surface area (Å²) < 4.78 is 11.8. The van der Waals surface area contributed by atoms with Crippen LogP contribution in [0.5, 0.6) is 11.8 Å². The maximum Gasteiger partial charge on any atom is 0.225 e. The van der Waals surface area contributed by atoms with E-state index in [1.807, 2.05) is 19.9 Å². The molecular formula is C23H34N4O2. The first-order valence-electron chi connectivity index (χ1n) is 10.7. The number of likely N-dealkylation sites (tertiary alicyclic amines) is 1. The second kappa shape index (κ2) is 10.0. The van der Waals surface area contributed by atoms with E-state index in [2.05, 4.69) is 41.1 Å². The molecule has 0 aliphatic carbocycles. The normalized spacial score (nSPS) is 20.1. The highest BCUT2D eigenvalue weighted by atomic mass is 16.5. The highest BCUT2D eigenvalue weighted by Gasteiger charge is 2.32. The zero-order chi connectivity index (χ0) is 20.8. The average Bonchev–Trinajstić information content (AvgIpc) is 2.70. The van der Waals surface area contributed by atoms with E-state index >= 15 is 0 Å². The highest BCUT2D eigenvalue weighted by molar-refractivity contribution is 5.36. The molecule has 0 spiro atoms. The van der Waals surface area contributed by atoms with Gasteiger partial charge in [0.2, 0.25) is 11.8 Å². The summed E-state index contributed by atoms with van der Waals surface area (Å²) in [5, 5.41) is 0. The van der Waals surface area contributed by atoms with E-state index in [1.54, 1.807) is 7.11 Å². The first-order valence-corrected chi connectivity index (χ1v) is 10.7. The number of hydrogen-bond donors (Lipinski definition) is 1. The van der Waals surface area contributed by atoms with Gasteiger partial charge >= 0.3 is 0 Å². The lowest BCUT2D eigenvalue weighted by Crippen LogP contribution is -2.45. The fourth-order valence-corrected chi connectivity index (χ4v) is 4.03. The molecule has 29 heavy (non-hydrogen) atoms. The topological polar surface area (TPSA) is 73.5 Å². The minimum absolute atomic E-state index is 0.0244. The zero-order valence-corrected chi connectivity index (χ0v) is 18.1. The molecule has 1 aromatic heterocycles. The summed E-state index contributed by atoms with van der Waals surface area (Å²) in [4.78, 5) is 11.8. The smallest absolute Gasteiger partial charge is 0.225 e. The number of aryl methyl sites for hydroxylation is 1. The second-order valence-corrected chi connectivity index (χ2v) is 7.98. The molecule has 6 nitrogen and oxygen atoms in total. The van der Waals surface area contributed by atoms with Gasteiger partial charge < -0.3 is 15.2 Å². The summed E-state index contributed by atoms with van der Waals surface area (Å²) in [5.41, 5.74) is 8.72. The van der Waals surface area contributed by atoms with E-state index in [4.69, 9.17) is 20.2 Å². The van der Waals surface area contributed by atoms with Crippen LogP contribution < -0.4 is 15.2 Å². The molecule has 2 heterocycles. The molecule has 3 rings (SSSR count). The lowest BCUT2D eigenvalue weighted by Gasteiger charge is -2.40. The maximum atomic E-state index is 6.57. The van der Waals surface area contributed by atoms with Crippen LogP contribution in [-0.4, -0.2) is 40.7 Å². The number of ether oxygens (including phenoxy) is 2. The Hall–Kier alpha value is -2.18. The van der Waals surface area contributed by atoms with Gasteiger partial charge in [0.15, 0.2) is 0 Å². The molecule has 0 bridgehead atoms. The lowest BCUT2D eigenvalue weighted by molar-refractivity contribution is 0.115. The first kappa shape index (κ1) is 21.5. The fraction of sp³-hybridized carbons (Fsp3) is 0.565. The lowest BCUT2D eigenvalue weighted by atomic mass is 9.90.